The van der Waals surface area contributed by atoms with E-state index in [9.17, 15) is 0 Å². The lowest BCUT2D eigenvalue weighted by molar-refractivity contribution is 0.405. The fourth-order valence-corrected chi connectivity index (χ4v) is 3.82. The maximum Gasteiger partial charge on any atom is 0.134 e. The first-order valence-electron chi connectivity index (χ1n) is 6.94. The lowest BCUT2D eigenvalue weighted by Crippen LogP contribution is -2.14. The largest absolute Gasteiger partial charge is 0.384 e. The van der Waals surface area contributed by atoms with E-state index in [0.717, 1.165) is 17.7 Å². The lowest BCUT2D eigenvalue weighted by atomic mass is 9.88. The van der Waals surface area contributed by atoms with E-state index < -0.39 is 0 Å². The summed E-state index contributed by atoms with van der Waals surface area (Å²) >= 11 is 0. The van der Waals surface area contributed by atoms with Crippen LogP contribution in [0.3, 0.4) is 0 Å². The Morgan fingerprint density at radius 2 is 1.94 bits per heavy atom. The number of hydrogen-bond acceptors (Lipinski definition) is 3. The van der Waals surface area contributed by atoms with Gasteiger partial charge in [0.1, 0.15) is 11.6 Å². The molecule has 2 N–H and O–H groups in total. The van der Waals surface area contributed by atoms with Crippen molar-refractivity contribution in [3.05, 3.63) is 17.6 Å². The van der Waals surface area contributed by atoms with Gasteiger partial charge in [0, 0.05) is 23.6 Å². The molecule has 17 heavy (non-hydrogen) atoms. The predicted molar refractivity (Wildman–Crippen MR) is 66.6 cm³/mol. The van der Waals surface area contributed by atoms with E-state index >= 15 is 0 Å². The van der Waals surface area contributed by atoms with E-state index in [-0.39, 0.29) is 0 Å². The highest BCUT2D eigenvalue weighted by molar-refractivity contribution is 5.34. The lowest BCUT2D eigenvalue weighted by Gasteiger charge is -2.20. The van der Waals surface area contributed by atoms with Gasteiger partial charge in [0.15, 0.2) is 0 Å². The fourth-order valence-electron chi connectivity index (χ4n) is 3.82. The number of nitrogen functional groups attached to an aromatic ring is 1. The normalized spacial score (nSPS) is 35.4. The molecular weight excluding hydrogens is 210 g/mol. The van der Waals surface area contributed by atoms with E-state index in [4.69, 9.17) is 10.7 Å². The van der Waals surface area contributed by atoms with Gasteiger partial charge in [-0.25, -0.2) is 9.97 Å². The molecule has 0 aliphatic heterocycles. The molecule has 90 valence electrons. The van der Waals surface area contributed by atoms with Crippen LogP contribution in [-0.4, -0.2) is 9.97 Å². The smallest absolute Gasteiger partial charge is 0.134 e. The first-order chi connectivity index (χ1) is 8.29. The summed E-state index contributed by atoms with van der Waals surface area (Å²) in [7, 11) is 0. The summed E-state index contributed by atoms with van der Waals surface area (Å²) in [4.78, 5) is 9.32. The monoisotopic (exact) mass is 229 g/mol. The van der Waals surface area contributed by atoms with Crippen molar-refractivity contribution in [3.8, 4) is 0 Å². The zero-order valence-corrected chi connectivity index (χ0v) is 10.1. The van der Waals surface area contributed by atoms with Crippen LogP contribution >= 0.6 is 0 Å². The molecule has 3 aliphatic rings. The minimum atomic E-state index is 0.606. The second-order valence-corrected chi connectivity index (χ2v) is 6.13. The maximum atomic E-state index is 5.94. The van der Waals surface area contributed by atoms with E-state index in [2.05, 4.69) is 4.98 Å². The van der Waals surface area contributed by atoms with Crippen LogP contribution in [0.5, 0.6) is 0 Å². The molecule has 0 radical (unpaired) electrons. The maximum absolute atomic E-state index is 5.94. The predicted octanol–water partition coefficient (Wildman–Crippen LogP) is 2.84. The minimum Gasteiger partial charge on any atom is -0.384 e. The van der Waals surface area contributed by atoms with E-state index in [1.807, 2.05) is 6.07 Å². The molecule has 0 aromatic carbocycles. The zero-order chi connectivity index (χ0) is 11.4. The quantitative estimate of drug-likeness (QED) is 0.848. The highest BCUT2D eigenvalue weighted by Gasteiger charge is 2.42. The van der Waals surface area contributed by atoms with Gasteiger partial charge in [-0.15, -0.1) is 0 Å². The molecule has 0 spiro atoms. The van der Waals surface area contributed by atoms with Crippen molar-refractivity contribution in [2.75, 3.05) is 5.73 Å². The van der Waals surface area contributed by atoms with E-state index in [1.54, 1.807) is 0 Å². The van der Waals surface area contributed by atoms with E-state index in [0.29, 0.717) is 17.7 Å². The molecule has 3 nitrogen and oxygen atoms in total. The number of hydrogen-bond donors (Lipinski definition) is 1. The number of fused-ring (bicyclic) bond motifs is 2. The third-order valence-electron chi connectivity index (χ3n) is 4.85. The molecular formula is C14H19N3. The number of nitrogens with zero attached hydrogens (tertiary/aromatic N) is 2. The first kappa shape index (κ1) is 9.86. The molecule has 0 amide bonds. The zero-order valence-electron chi connectivity index (χ0n) is 10.1. The van der Waals surface area contributed by atoms with Crippen LogP contribution in [0.4, 0.5) is 5.82 Å². The van der Waals surface area contributed by atoms with Crippen LogP contribution in [0.1, 0.15) is 61.9 Å². The van der Waals surface area contributed by atoms with Crippen molar-refractivity contribution in [3.63, 3.8) is 0 Å². The van der Waals surface area contributed by atoms with Gasteiger partial charge in [-0.2, -0.15) is 0 Å². The van der Waals surface area contributed by atoms with Crippen molar-refractivity contribution < 1.29 is 0 Å². The fraction of sp³-hybridized carbons (Fsp3) is 0.714. The van der Waals surface area contributed by atoms with Crippen LogP contribution in [0.25, 0.3) is 0 Å². The van der Waals surface area contributed by atoms with Crippen LogP contribution in [0.2, 0.25) is 0 Å². The molecule has 3 fully saturated rings. The standard InChI is InChI=1S/C14H19N3/c15-13-7-12(9-3-4-9)16-14(17-13)11-6-8-1-2-10(11)5-8/h7-11H,1-6H2,(H2,15,16,17). The summed E-state index contributed by atoms with van der Waals surface area (Å²) in [5.74, 6) is 4.81. The van der Waals surface area contributed by atoms with Crippen molar-refractivity contribution in [2.45, 2.75) is 50.4 Å². The Morgan fingerprint density at radius 3 is 2.59 bits per heavy atom. The van der Waals surface area contributed by atoms with Crippen LogP contribution in [-0.2, 0) is 0 Å². The Morgan fingerprint density at radius 1 is 1.06 bits per heavy atom. The van der Waals surface area contributed by atoms with Gasteiger partial charge < -0.3 is 5.73 Å². The Labute approximate surface area is 102 Å². The van der Waals surface area contributed by atoms with Gasteiger partial charge in [-0.05, 0) is 43.9 Å². The molecule has 1 aromatic heterocycles. The molecule has 1 heterocycles. The molecule has 3 heteroatoms. The number of aromatic nitrogens is 2. The highest BCUT2D eigenvalue weighted by atomic mass is 15.0. The molecule has 3 aliphatic carbocycles. The molecule has 3 atom stereocenters. The van der Waals surface area contributed by atoms with Crippen molar-refractivity contribution in [1.29, 1.82) is 0 Å². The van der Waals surface area contributed by atoms with Crippen molar-refractivity contribution >= 4 is 5.82 Å². The van der Waals surface area contributed by atoms with Gasteiger partial charge in [0.05, 0.1) is 0 Å². The summed E-state index contributed by atoms with van der Waals surface area (Å²) in [6.07, 6.45) is 8.09. The highest BCUT2D eigenvalue weighted by Crippen LogP contribution is 2.52. The molecule has 3 unspecified atom stereocenters. The van der Waals surface area contributed by atoms with Gasteiger partial charge in [-0.3, -0.25) is 0 Å². The topological polar surface area (TPSA) is 51.8 Å². The molecule has 1 aromatic rings. The van der Waals surface area contributed by atoms with Gasteiger partial charge in [0.2, 0.25) is 0 Å². The Hall–Kier alpha value is -1.12. The Kier molecular flexibility index (Phi) is 1.99. The Bertz CT molecular complexity index is 453. The Balaban J connectivity index is 1.68. The van der Waals surface area contributed by atoms with Crippen LogP contribution in [0.15, 0.2) is 6.07 Å². The SMILES string of the molecule is Nc1cc(C2CC2)nc(C2CC3CCC2C3)n1. The average molecular weight is 229 g/mol. The van der Waals surface area contributed by atoms with Gasteiger partial charge in [0.25, 0.3) is 0 Å². The second-order valence-electron chi connectivity index (χ2n) is 6.13. The summed E-state index contributed by atoms with van der Waals surface area (Å²) in [5, 5.41) is 0. The molecule has 4 rings (SSSR count). The summed E-state index contributed by atoms with van der Waals surface area (Å²) < 4.78 is 0. The molecule has 2 bridgehead atoms. The van der Waals surface area contributed by atoms with Crippen molar-refractivity contribution in [1.82, 2.24) is 9.97 Å². The van der Waals surface area contributed by atoms with E-state index in [1.165, 1.54) is 44.2 Å². The van der Waals surface area contributed by atoms with Crippen molar-refractivity contribution in [2.24, 2.45) is 11.8 Å². The average Bonchev–Trinajstić information content (AvgIpc) is 2.97. The van der Waals surface area contributed by atoms with Gasteiger partial charge in [-0.1, -0.05) is 6.42 Å². The second kappa shape index (κ2) is 3.44. The third kappa shape index (κ3) is 1.63. The summed E-state index contributed by atoms with van der Waals surface area (Å²) in [5.41, 5.74) is 7.14. The summed E-state index contributed by atoms with van der Waals surface area (Å²) in [6.45, 7) is 0. The minimum absolute atomic E-state index is 0.606. The number of nitrogens with two attached hydrogens (primary N) is 1. The number of anilines is 1. The van der Waals surface area contributed by atoms with Crippen LogP contribution < -0.4 is 5.73 Å². The van der Waals surface area contributed by atoms with Crippen LogP contribution in [0, 0.1) is 11.8 Å². The summed E-state index contributed by atoms with van der Waals surface area (Å²) in [6, 6.07) is 1.98. The molecule has 0 saturated heterocycles. The molecule has 3 saturated carbocycles. The number of rotatable bonds is 2. The van der Waals surface area contributed by atoms with Gasteiger partial charge >= 0.3 is 0 Å². The third-order valence-corrected chi connectivity index (χ3v) is 4.85. The first-order valence-corrected chi connectivity index (χ1v) is 6.94.